The first-order valence-electron chi connectivity index (χ1n) is 44.6. The number of aliphatic hydroxyl groups excluding tert-OH is 1. The highest BCUT2D eigenvalue weighted by Crippen LogP contribution is 2.45. The van der Waals surface area contributed by atoms with Crippen LogP contribution in [0.3, 0.4) is 0 Å². The van der Waals surface area contributed by atoms with Crippen LogP contribution in [0.4, 0.5) is 0 Å². The molecular weight excluding hydrogens is 1380 g/mol. The summed E-state index contributed by atoms with van der Waals surface area (Å²) >= 11 is 0. The van der Waals surface area contributed by atoms with Crippen LogP contribution in [-0.2, 0) is 65.4 Å². The van der Waals surface area contributed by atoms with Gasteiger partial charge in [0.25, 0.3) is 0 Å². The highest BCUT2D eigenvalue weighted by Gasteiger charge is 2.30. The van der Waals surface area contributed by atoms with Gasteiger partial charge in [-0.05, 0) is 51.4 Å². The van der Waals surface area contributed by atoms with Crippen molar-refractivity contribution >= 4 is 39.5 Å². The van der Waals surface area contributed by atoms with Gasteiger partial charge >= 0.3 is 39.5 Å². The zero-order valence-corrected chi connectivity index (χ0v) is 70.7. The Morgan fingerprint density at radius 3 is 0.689 bits per heavy atom. The van der Waals surface area contributed by atoms with Gasteiger partial charge < -0.3 is 33.8 Å². The number of carbonyl (C=O) groups is 4. The molecule has 2 unspecified atom stereocenters. The Bertz CT molecular complexity index is 2090. The van der Waals surface area contributed by atoms with E-state index < -0.39 is 97.5 Å². The smallest absolute Gasteiger partial charge is 0.462 e. The molecule has 0 aliphatic heterocycles. The van der Waals surface area contributed by atoms with E-state index in [-0.39, 0.29) is 25.7 Å². The van der Waals surface area contributed by atoms with Gasteiger partial charge in [0.1, 0.15) is 19.3 Å². The van der Waals surface area contributed by atoms with Crippen molar-refractivity contribution in [3.63, 3.8) is 0 Å². The SMILES string of the molecule is CCCCCC/C=C\C=C/CCCCCCCC(=O)O[C@H](COC(=O)CCCCCCCCCCCCCC)COP(=O)(O)OC[C@H](O)COP(=O)(O)OC[C@@H](COC(=O)CCCCCCCCCCCCCCCCCCC)OC(=O)CCCCCCCCCCCCCCCCCCCCCCCC. The third kappa shape index (κ3) is 79.6. The lowest BCUT2D eigenvalue weighted by atomic mass is 10.0. The van der Waals surface area contributed by atoms with Crippen LogP contribution in [0, 0.1) is 0 Å². The fraction of sp³-hybridized carbons (Fsp3) is 0.908. The van der Waals surface area contributed by atoms with Crippen molar-refractivity contribution in [3.05, 3.63) is 24.3 Å². The maximum absolute atomic E-state index is 13.2. The van der Waals surface area contributed by atoms with E-state index in [9.17, 15) is 43.2 Å². The third-order valence-electron chi connectivity index (χ3n) is 20.0. The number of aliphatic hydroxyl groups is 1. The van der Waals surface area contributed by atoms with Crippen LogP contribution in [-0.4, -0.2) is 96.7 Å². The molecule has 0 aliphatic carbocycles. The molecule has 0 heterocycles. The van der Waals surface area contributed by atoms with E-state index in [2.05, 4.69) is 52.0 Å². The summed E-state index contributed by atoms with van der Waals surface area (Å²) in [6.07, 6.45) is 78.6. The third-order valence-corrected chi connectivity index (χ3v) is 21.9. The minimum Gasteiger partial charge on any atom is -0.462 e. The standard InChI is InChI=1S/C87H166O17P2/c1-5-9-13-17-21-25-29-33-36-38-39-40-41-42-44-47-50-54-58-62-66-70-74-87(92)104-83(78-98-85(90)72-68-64-60-56-52-48-46-43-37-34-30-26-22-18-14-10-6-2)80-102-106(95,96)100-76-81(88)75-99-105(93,94)101-79-82(77-97-84(89)71-67-63-59-55-51-32-28-24-20-16-12-8-4)103-86(91)73-69-65-61-57-53-49-45-35-31-27-23-19-15-11-7-3/h27,31,35,45,81-83,88H,5-26,28-30,32-34,36-44,46-80H2,1-4H3,(H,93,94)(H,95,96)/b31-27-,45-35-/t81-,82+,83+/m0/s1. The highest BCUT2D eigenvalue weighted by molar-refractivity contribution is 7.47. The topological polar surface area (TPSA) is 237 Å². The molecule has 5 atom stereocenters. The Labute approximate surface area is 650 Å². The molecule has 0 aromatic rings. The van der Waals surface area contributed by atoms with Gasteiger partial charge in [0.15, 0.2) is 12.2 Å². The minimum absolute atomic E-state index is 0.0861. The van der Waals surface area contributed by atoms with Crippen LogP contribution in [0.15, 0.2) is 24.3 Å². The first-order valence-corrected chi connectivity index (χ1v) is 47.6. The Balaban J connectivity index is 5.26. The molecule has 19 heteroatoms. The van der Waals surface area contributed by atoms with E-state index in [1.807, 2.05) is 0 Å². The van der Waals surface area contributed by atoms with Gasteiger partial charge in [0, 0.05) is 25.7 Å². The number of hydrogen-bond acceptors (Lipinski definition) is 15. The van der Waals surface area contributed by atoms with Crippen molar-refractivity contribution < 1.29 is 80.2 Å². The van der Waals surface area contributed by atoms with Gasteiger partial charge in [-0.25, -0.2) is 9.13 Å². The predicted molar refractivity (Wildman–Crippen MR) is 437 cm³/mol. The first-order chi connectivity index (χ1) is 51.7. The second kappa shape index (κ2) is 80.6. The predicted octanol–water partition coefficient (Wildman–Crippen LogP) is 26.5. The van der Waals surface area contributed by atoms with E-state index in [0.717, 1.165) is 103 Å². The average Bonchev–Trinajstić information content (AvgIpc) is 0.906. The molecule has 3 N–H and O–H groups in total. The largest absolute Gasteiger partial charge is 0.472 e. The second-order valence-corrected chi connectivity index (χ2v) is 33.5. The summed E-state index contributed by atoms with van der Waals surface area (Å²) in [6.45, 7) is 4.99. The summed E-state index contributed by atoms with van der Waals surface area (Å²) in [7, 11) is -9.94. The molecular formula is C87H166O17P2. The molecule has 0 aliphatic rings. The zero-order valence-electron chi connectivity index (χ0n) is 68.9. The van der Waals surface area contributed by atoms with E-state index >= 15 is 0 Å². The Morgan fingerprint density at radius 2 is 0.453 bits per heavy atom. The highest BCUT2D eigenvalue weighted by atomic mass is 31.2. The summed E-state index contributed by atoms with van der Waals surface area (Å²) in [5.41, 5.74) is 0. The van der Waals surface area contributed by atoms with E-state index in [1.165, 1.54) is 270 Å². The fourth-order valence-electron chi connectivity index (χ4n) is 13.2. The normalized spacial score (nSPS) is 13.8. The average molecular weight is 1550 g/mol. The number of unbranched alkanes of at least 4 members (excludes halogenated alkanes) is 57. The van der Waals surface area contributed by atoms with Gasteiger partial charge in [-0.2, -0.15) is 0 Å². The zero-order chi connectivity index (χ0) is 77.4. The number of esters is 4. The molecule has 106 heavy (non-hydrogen) atoms. The van der Waals surface area contributed by atoms with Crippen LogP contribution in [0.2, 0.25) is 0 Å². The van der Waals surface area contributed by atoms with E-state index in [4.69, 9.17) is 37.0 Å². The molecule has 626 valence electrons. The maximum Gasteiger partial charge on any atom is 0.472 e. The second-order valence-electron chi connectivity index (χ2n) is 30.6. The lowest BCUT2D eigenvalue weighted by molar-refractivity contribution is -0.161. The van der Waals surface area contributed by atoms with Gasteiger partial charge in [0.2, 0.25) is 0 Å². The molecule has 0 spiro atoms. The van der Waals surface area contributed by atoms with Crippen molar-refractivity contribution in [2.24, 2.45) is 0 Å². The Morgan fingerprint density at radius 1 is 0.264 bits per heavy atom. The summed E-state index contributed by atoms with van der Waals surface area (Å²) in [5.74, 6) is -2.13. The van der Waals surface area contributed by atoms with Crippen molar-refractivity contribution in [2.75, 3.05) is 39.6 Å². The number of hydrogen-bond donors (Lipinski definition) is 3. The van der Waals surface area contributed by atoms with Gasteiger partial charge in [-0.3, -0.25) is 37.3 Å². The molecule has 0 radical (unpaired) electrons. The maximum atomic E-state index is 13.2. The quantitative estimate of drug-likeness (QED) is 0.0169. The number of carbonyl (C=O) groups excluding carboxylic acids is 4. The molecule has 0 saturated carbocycles. The van der Waals surface area contributed by atoms with Gasteiger partial charge in [0.05, 0.1) is 26.4 Å². The van der Waals surface area contributed by atoms with E-state index in [0.29, 0.717) is 25.7 Å². The van der Waals surface area contributed by atoms with Crippen LogP contribution >= 0.6 is 15.6 Å². The monoisotopic (exact) mass is 1550 g/mol. The van der Waals surface area contributed by atoms with Crippen molar-refractivity contribution in [1.29, 1.82) is 0 Å². The Hall–Kier alpha value is -2.46. The summed E-state index contributed by atoms with van der Waals surface area (Å²) < 4.78 is 68.9. The molecule has 0 amide bonds. The summed E-state index contributed by atoms with van der Waals surface area (Å²) in [6, 6.07) is 0. The fourth-order valence-corrected chi connectivity index (χ4v) is 14.7. The van der Waals surface area contributed by atoms with Crippen molar-refractivity contribution in [3.8, 4) is 0 Å². The molecule has 0 saturated heterocycles. The minimum atomic E-state index is -4.97. The summed E-state index contributed by atoms with van der Waals surface area (Å²) in [4.78, 5) is 73.2. The molecule has 0 fully saturated rings. The van der Waals surface area contributed by atoms with Crippen LogP contribution in [0.5, 0.6) is 0 Å². The lowest BCUT2D eigenvalue weighted by Crippen LogP contribution is -2.30. The molecule has 0 bridgehead atoms. The Kier molecular flexibility index (Phi) is 78.7. The first kappa shape index (κ1) is 104. The number of phosphoric ester groups is 2. The van der Waals surface area contributed by atoms with Gasteiger partial charge in [-0.1, -0.05) is 399 Å². The van der Waals surface area contributed by atoms with Crippen LogP contribution in [0.1, 0.15) is 451 Å². The molecule has 0 aromatic carbocycles. The number of allylic oxidation sites excluding steroid dienone is 4. The van der Waals surface area contributed by atoms with Crippen molar-refractivity contribution in [1.82, 2.24) is 0 Å². The lowest BCUT2D eigenvalue weighted by Gasteiger charge is -2.21. The van der Waals surface area contributed by atoms with Crippen LogP contribution < -0.4 is 0 Å². The summed E-state index contributed by atoms with van der Waals surface area (Å²) in [5, 5.41) is 10.7. The molecule has 17 nitrogen and oxygen atoms in total. The molecule has 0 aromatic heterocycles. The number of phosphoric acid groups is 2. The molecule has 0 rings (SSSR count). The van der Waals surface area contributed by atoms with Crippen LogP contribution in [0.25, 0.3) is 0 Å². The van der Waals surface area contributed by atoms with Gasteiger partial charge in [-0.15, -0.1) is 0 Å². The number of rotatable bonds is 86. The number of ether oxygens (including phenoxy) is 4. The van der Waals surface area contributed by atoms with Crippen molar-refractivity contribution in [2.45, 2.75) is 470 Å². The van der Waals surface area contributed by atoms with E-state index in [1.54, 1.807) is 0 Å².